The molecule has 20 heavy (non-hydrogen) atoms. The number of benzene rings is 1. The number of aryl methyl sites for hydroxylation is 1. The first-order valence-corrected chi connectivity index (χ1v) is 7.84. The quantitative estimate of drug-likeness (QED) is 0.829. The zero-order valence-corrected chi connectivity index (χ0v) is 12.9. The molecule has 0 spiro atoms. The Morgan fingerprint density at radius 3 is 2.70 bits per heavy atom. The summed E-state index contributed by atoms with van der Waals surface area (Å²) in [5.41, 5.74) is 6.66. The third-order valence-electron chi connectivity index (χ3n) is 2.57. The number of hydrogen-bond donors (Lipinski definition) is 2. The van der Waals surface area contributed by atoms with E-state index in [9.17, 15) is 4.79 Å². The molecular weight excluding hydrogens is 292 g/mol. The van der Waals surface area contributed by atoms with Crippen molar-refractivity contribution in [2.24, 2.45) is 5.73 Å². The van der Waals surface area contributed by atoms with Gasteiger partial charge in [-0.15, -0.1) is 22.0 Å². The van der Waals surface area contributed by atoms with Crippen LogP contribution in [0.2, 0.25) is 0 Å². The second-order valence-corrected chi connectivity index (χ2v) is 6.74. The number of carbonyl (C=O) groups excluding carboxylic acids is 1. The van der Waals surface area contributed by atoms with Crippen LogP contribution in [-0.2, 0) is 11.3 Å². The summed E-state index contributed by atoms with van der Waals surface area (Å²) in [6.45, 7) is 4.24. The Labute approximate surface area is 126 Å². The fourth-order valence-corrected chi connectivity index (χ4v) is 2.96. The maximum Gasteiger partial charge on any atom is 0.239 e. The van der Waals surface area contributed by atoms with Crippen LogP contribution in [-0.4, -0.2) is 21.4 Å². The monoisotopic (exact) mass is 308 g/mol. The summed E-state index contributed by atoms with van der Waals surface area (Å²) in [5, 5.41) is 11.5. The minimum absolute atomic E-state index is 0.0877. The number of carbonyl (C=O) groups is 1. The molecule has 0 saturated carbocycles. The van der Waals surface area contributed by atoms with Gasteiger partial charge in [0.1, 0.15) is 5.01 Å². The van der Waals surface area contributed by atoms with Gasteiger partial charge in [0.15, 0.2) is 0 Å². The summed E-state index contributed by atoms with van der Waals surface area (Å²) in [4.78, 5) is 13.1. The van der Waals surface area contributed by atoms with Crippen molar-refractivity contribution >= 4 is 34.1 Å². The number of nitrogens with two attached hydrogens (primary N) is 1. The zero-order valence-electron chi connectivity index (χ0n) is 11.3. The van der Waals surface area contributed by atoms with Crippen LogP contribution in [0, 0.1) is 6.92 Å². The number of rotatable bonds is 5. The molecule has 1 aromatic heterocycles. The van der Waals surface area contributed by atoms with Crippen molar-refractivity contribution < 1.29 is 4.79 Å². The summed E-state index contributed by atoms with van der Waals surface area (Å²) in [6, 6.07) is 8.10. The second-order valence-electron chi connectivity index (χ2n) is 4.27. The summed E-state index contributed by atoms with van der Waals surface area (Å²) in [5.74, 6) is -0.0877. The van der Waals surface area contributed by atoms with Gasteiger partial charge in [-0.1, -0.05) is 29.0 Å². The van der Waals surface area contributed by atoms with E-state index in [2.05, 4.69) is 15.5 Å². The topological polar surface area (TPSA) is 80.9 Å². The minimum atomic E-state index is -0.206. The van der Waals surface area contributed by atoms with Crippen LogP contribution in [0.25, 0.3) is 0 Å². The fourth-order valence-electron chi connectivity index (χ4n) is 1.47. The average Bonchev–Trinajstić information content (AvgIpc) is 2.89. The van der Waals surface area contributed by atoms with Crippen molar-refractivity contribution in [3.05, 3.63) is 34.8 Å². The summed E-state index contributed by atoms with van der Waals surface area (Å²) in [7, 11) is 0. The second kappa shape index (κ2) is 6.83. The lowest BCUT2D eigenvalue weighted by Crippen LogP contribution is -2.22. The Hall–Kier alpha value is -1.44. The number of nitrogens with zero attached hydrogens (tertiary/aromatic N) is 2. The Morgan fingerprint density at radius 1 is 1.40 bits per heavy atom. The van der Waals surface area contributed by atoms with Crippen LogP contribution in [0.1, 0.15) is 17.5 Å². The molecule has 0 saturated heterocycles. The van der Waals surface area contributed by atoms with E-state index in [1.807, 2.05) is 38.1 Å². The zero-order chi connectivity index (χ0) is 14.5. The fraction of sp³-hybridized carbons (Fsp3) is 0.308. The molecule has 3 N–H and O–H groups in total. The van der Waals surface area contributed by atoms with Crippen LogP contribution >= 0.6 is 23.1 Å². The van der Waals surface area contributed by atoms with E-state index in [1.165, 1.54) is 28.7 Å². The number of anilines is 1. The summed E-state index contributed by atoms with van der Waals surface area (Å²) in [6.07, 6.45) is 0. The lowest BCUT2D eigenvalue weighted by molar-refractivity contribution is -0.115. The Balaban J connectivity index is 1.93. The molecule has 2 rings (SSSR count). The van der Waals surface area contributed by atoms with E-state index in [1.54, 1.807) is 0 Å². The SMILES string of the molecule is Cc1ccc(SC(C)C(=O)Nc2nnc(CN)s2)cc1. The lowest BCUT2D eigenvalue weighted by atomic mass is 10.2. The highest BCUT2D eigenvalue weighted by Crippen LogP contribution is 2.25. The van der Waals surface area contributed by atoms with E-state index in [-0.39, 0.29) is 11.2 Å². The van der Waals surface area contributed by atoms with Crippen LogP contribution in [0.15, 0.2) is 29.2 Å². The molecule has 1 amide bonds. The molecule has 1 heterocycles. The maximum atomic E-state index is 12.1. The molecular formula is C13H16N4OS2. The third-order valence-corrected chi connectivity index (χ3v) is 4.55. The largest absolute Gasteiger partial charge is 0.324 e. The van der Waals surface area contributed by atoms with Gasteiger partial charge in [-0.05, 0) is 26.0 Å². The van der Waals surface area contributed by atoms with Gasteiger partial charge in [0.25, 0.3) is 0 Å². The van der Waals surface area contributed by atoms with Crippen LogP contribution < -0.4 is 11.1 Å². The van der Waals surface area contributed by atoms with E-state index in [0.29, 0.717) is 16.7 Å². The first-order valence-electron chi connectivity index (χ1n) is 6.15. The van der Waals surface area contributed by atoms with Gasteiger partial charge in [-0.3, -0.25) is 10.1 Å². The van der Waals surface area contributed by atoms with Gasteiger partial charge in [0.05, 0.1) is 5.25 Å². The molecule has 0 radical (unpaired) electrons. The van der Waals surface area contributed by atoms with Crippen molar-refractivity contribution in [1.82, 2.24) is 10.2 Å². The highest BCUT2D eigenvalue weighted by molar-refractivity contribution is 8.00. The van der Waals surface area contributed by atoms with Gasteiger partial charge in [0, 0.05) is 11.4 Å². The molecule has 1 aromatic carbocycles. The highest BCUT2D eigenvalue weighted by atomic mass is 32.2. The maximum absolute atomic E-state index is 12.1. The molecule has 1 unspecified atom stereocenters. The van der Waals surface area contributed by atoms with Gasteiger partial charge < -0.3 is 5.73 Å². The van der Waals surface area contributed by atoms with Gasteiger partial charge in [0.2, 0.25) is 11.0 Å². The molecule has 2 aromatic rings. The average molecular weight is 308 g/mol. The highest BCUT2D eigenvalue weighted by Gasteiger charge is 2.16. The molecule has 7 heteroatoms. The normalized spacial score (nSPS) is 12.2. The first kappa shape index (κ1) is 15.0. The number of aromatic nitrogens is 2. The number of nitrogens with one attached hydrogen (secondary N) is 1. The predicted octanol–water partition coefficient (Wildman–Crippen LogP) is 2.42. The van der Waals surface area contributed by atoms with E-state index in [0.717, 1.165) is 4.90 Å². The van der Waals surface area contributed by atoms with Crippen LogP contribution in [0.3, 0.4) is 0 Å². The Kier molecular flexibility index (Phi) is 5.11. The number of hydrogen-bond acceptors (Lipinski definition) is 6. The van der Waals surface area contributed by atoms with E-state index < -0.39 is 0 Å². The molecule has 0 aliphatic heterocycles. The molecule has 5 nitrogen and oxygen atoms in total. The Morgan fingerprint density at radius 2 is 2.10 bits per heavy atom. The molecule has 0 fully saturated rings. The van der Waals surface area contributed by atoms with Gasteiger partial charge >= 0.3 is 0 Å². The predicted molar refractivity (Wildman–Crippen MR) is 82.9 cm³/mol. The molecule has 0 aliphatic carbocycles. The summed E-state index contributed by atoms with van der Waals surface area (Å²) < 4.78 is 0. The van der Waals surface area contributed by atoms with Crippen LogP contribution in [0.5, 0.6) is 0 Å². The smallest absolute Gasteiger partial charge is 0.239 e. The van der Waals surface area contributed by atoms with Crippen molar-refractivity contribution in [3.63, 3.8) is 0 Å². The molecule has 1 atom stereocenters. The van der Waals surface area contributed by atoms with Crippen LogP contribution in [0.4, 0.5) is 5.13 Å². The lowest BCUT2D eigenvalue weighted by Gasteiger charge is -2.10. The molecule has 0 bridgehead atoms. The number of amides is 1. The number of thioether (sulfide) groups is 1. The van der Waals surface area contributed by atoms with Crippen molar-refractivity contribution in [1.29, 1.82) is 0 Å². The van der Waals surface area contributed by atoms with Crippen molar-refractivity contribution in [2.75, 3.05) is 5.32 Å². The molecule has 0 aliphatic rings. The third kappa shape index (κ3) is 4.03. The van der Waals surface area contributed by atoms with E-state index >= 15 is 0 Å². The van der Waals surface area contributed by atoms with Crippen molar-refractivity contribution in [2.45, 2.75) is 30.5 Å². The first-order chi connectivity index (χ1) is 9.58. The Bertz CT molecular complexity index is 582. The standard InChI is InChI=1S/C13H16N4OS2/c1-8-3-5-10(6-4-8)19-9(2)12(18)15-13-17-16-11(7-14)20-13/h3-6,9H,7,14H2,1-2H3,(H,15,17,18). The van der Waals surface area contributed by atoms with Gasteiger partial charge in [-0.2, -0.15) is 0 Å². The minimum Gasteiger partial charge on any atom is -0.324 e. The summed E-state index contributed by atoms with van der Waals surface area (Å²) >= 11 is 2.81. The van der Waals surface area contributed by atoms with Crippen molar-refractivity contribution in [3.8, 4) is 0 Å². The van der Waals surface area contributed by atoms with Gasteiger partial charge in [-0.25, -0.2) is 0 Å². The molecule has 106 valence electrons. The van der Waals surface area contributed by atoms with E-state index in [4.69, 9.17) is 5.73 Å².